The summed E-state index contributed by atoms with van der Waals surface area (Å²) in [6.07, 6.45) is -3.69. The molecule has 0 bridgehead atoms. The molecule has 0 aromatic carbocycles. The number of ether oxygens (including phenoxy) is 8. The zero-order valence-corrected chi connectivity index (χ0v) is 36.1. The first-order valence-corrected chi connectivity index (χ1v) is 22.8. The molecule has 0 aromatic heterocycles. The Balaban J connectivity index is 0.992. The molecular weight excluding hydrogens is 797 g/mol. The van der Waals surface area contributed by atoms with Crippen LogP contribution in [-0.4, -0.2) is 158 Å². The van der Waals surface area contributed by atoms with Gasteiger partial charge in [-0.05, 0) is 94.3 Å². The second kappa shape index (κ2) is 17.9. The van der Waals surface area contributed by atoms with Crippen LogP contribution in [0.25, 0.3) is 0 Å². The van der Waals surface area contributed by atoms with Crippen molar-refractivity contribution in [3.63, 3.8) is 0 Å². The molecule has 3 saturated heterocycles. The maximum Gasteiger partial charge on any atom is 0.397 e. The van der Waals surface area contributed by atoms with Gasteiger partial charge in [-0.15, -0.1) is 0 Å². The Kier molecular flexibility index (Phi) is 14.0. The lowest BCUT2D eigenvalue weighted by Crippen LogP contribution is -2.60. The predicted octanol–water partition coefficient (Wildman–Crippen LogP) is 2.00. The van der Waals surface area contributed by atoms with Crippen LogP contribution in [0, 0.1) is 34.5 Å². The average molecular weight is 865 g/mol. The van der Waals surface area contributed by atoms with Crippen LogP contribution >= 0.6 is 0 Å². The summed E-state index contributed by atoms with van der Waals surface area (Å²) in [5.41, 5.74) is 1.08. The van der Waals surface area contributed by atoms with Crippen LogP contribution in [0.4, 0.5) is 0 Å². The third kappa shape index (κ3) is 9.09. The van der Waals surface area contributed by atoms with E-state index in [1.54, 1.807) is 28.1 Å². The Hall–Kier alpha value is -0.910. The molecule has 0 aromatic rings. The standard InChI is InChI=1S/C41H68O17S/c1-19(42)33-27(56-39-37(46)36(45)35(44)30(57-39)18-52-59(47,48)49)15-26-24-9-8-22-14-23(10-12-40(22,4)25(24)11-13-41(26,33)5)55-31-17-29(51-7)38(21(3)54-31)58-32-16-28(50-6)34(43)20(2)53-32/h8,19-21,23-39,42-46H,9-18H2,1-7H3,(H,47,48,49)/t19-,20+,21+,23-,24+,25-,26-,27+,28+,29+,30+,31-,32-,33-,34+,35+,36-,37+,38+,39+,40-,41-/m0/s1. The van der Waals surface area contributed by atoms with Crippen molar-refractivity contribution in [1.82, 2.24) is 0 Å². The van der Waals surface area contributed by atoms with Crippen molar-refractivity contribution in [3.05, 3.63) is 11.6 Å². The van der Waals surface area contributed by atoms with Gasteiger partial charge in [0.25, 0.3) is 0 Å². The van der Waals surface area contributed by atoms with E-state index < -0.39 is 96.9 Å². The van der Waals surface area contributed by atoms with Crippen LogP contribution in [-0.2, 0) is 52.5 Å². The highest BCUT2D eigenvalue weighted by Crippen LogP contribution is 2.67. The molecule has 340 valence electrons. The Labute approximate surface area is 347 Å². The van der Waals surface area contributed by atoms with Gasteiger partial charge in [-0.1, -0.05) is 25.5 Å². The number of methoxy groups -OCH3 is 2. The monoisotopic (exact) mass is 864 g/mol. The maximum absolute atomic E-state index is 11.3. The van der Waals surface area contributed by atoms with Crippen molar-refractivity contribution in [1.29, 1.82) is 0 Å². The zero-order valence-electron chi connectivity index (χ0n) is 35.3. The SMILES string of the molecule is CO[C@@H]1C[C@H](O[C@@H]2[C@@H](C)O[C@@H](O[C@H]3CC[C@@]4(C)C(=CC[C@H]5[C@@H]6C[C@@H](O[C@@H]7O[C@H](COS(=O)(=O)O)[C@@H](O)[C@H](O)[C@H]7O)[C@H]([C@H](C)O)[C@@]6(C)CC[C@@H]54)C3)C[C@H]2OC)O[C@H](C)[C@H]1O. The smallest absolute Gasteiger partial charge is 0.393 e. The summed E-state index contributed by atoms with van der Waals surface area (Å²) in [6, 6.07) is 0. The second-order valence-electron chi connectivity index (χ2n) is 18.9. The van der Waals surface area contributed by atoms with Gasteiger partial charge >= 0.3 is 10.4 Å². The van der Waals surface area contributed by atoms with Gasteiger partial charge < -0.3 is 63.4 Å². The van der Waals surface area contributed by atoms with Crippen LogP contribution in [0.3, 0.4) is 0 Å². The highest BCUT2D eigenvalue weighted by atomic mass is 32.3. The lowest BCUT2D eigenvalue weighted by molar-refractivity contribution is -0.319. The molecule has 0 unspecified atom stereocenters. The highest BCUT2D eigenvalue weighted by Gasteiger charge is 2.63. The summed E-state index contributed by atoms with van der Waals surface area (Å²) in [6.45, 7) is 9.31. The number of allylic oxidation sites excluding steroid dienone is 1. The van der Waals surface area contributed by atoms with Gasteiger partial charge in [0.05, 0.1) is 49.3 Å². The Morgan fingerprint density at radius 3 is 2.17 bits per heavy atom. The molecule has 0 amide bonds. The number of hydrogen-bond acceptors (Lipinski definition) is 16. The Morgan fingerprint density at radius 2 is 1.49 bits per heavy atom. The normalized spacial score (nSPS) is 50.9. The molecule has 59 heavy (non-hydrogen) atoms. The fourth-order valence-corrected chi connectivity index (χ4v) is 12.8. The zero-order chi connectivity index (χ0) is 42.8. The lowest BCUT2D eigenvalue weighted by Gasteiger charge is -2.58. The van der Waals surface area contributed by atoms with Gasteiger partial charge in [-0.3, -0.25) is 4.55 Å². The Morgan fingerprint density at radius 1 is 0.814 bits per heavy atom. The van der Waals surface area contributed by atoms with Crippen LogP contribution < -0.4 is 0 Å². The highest BCUT2D eigenvalue weighted by molar-refractivity contribution is 7.80. The maximum atomic E-state index is 11.3. The Bertz CT molecular complexity index is 1580. The van der Waals surface area contributed by atoms with E-state index in [0.29, 0.717) is 31.1 Å². The van der Waals surface area contributed by atoms with Crippen molar-refractivity contribution in [2.75, 3.05) is 20.8 Å². The van der Waals surface area contributed by atoms with Gasteiger partial charge in [0, 0.05) is 33.0 Å². The summed E-state index contributed by atoms with van der Waals surface area (Å²) < 4.78 is 84.9. The molecule has 0 spiro atoms. The molecule has 6 fully saturated rings. The fraction of sp³-hybridized carbons (Fsp3) is 0.951. The third-order valence-electron chi connectivity index (χ3n) is 15.6. The topological polar surface area (TPSA) is 239 Å². The van der Waals surface area contributed by atoms with Crippen molar-refractivity contribution in [2.24, 2.45) is 34.5 Å². The van der Waals surface area contributed by atoms with Crippen LogP contribution in [0.5, 0.6) is 0 Å². The molecule has 7 aliphatic rings. The van der Waals surface area contributed by atoms with E-state index >= 15 is 0 Å². The van der Waals surface area contributed by atoms with E-state index in [9.17, 15) is 34.0 Å². The third-order valence-corrected chi connectivity index (χ3v) is 16.0. The van der Waals surface area contributed by atoms with Crippen molar-refractivity contribution < 1.29 is 80.6 Å². The molecule has 18 heteroatoms. The summed E-state index contributed by atoms with van der Waals surface area (Å²) >= 11 is 0. The number of aliphatic hydroxyl groups excluding tert-OH is 5. The molecule has 3 aliphatic heterocycles. The second-order valence-corrected chi connectivity index (χ2v) is 20.0. The first-order chi connectivity index (χ1) is 27.8. The summed E-state index contributed by atoms with van der Waals surface area (Å²) in [7, 11) is -1.62. The van der Waals surface area contributed by atoms with Gasteiger partial charge in [-0.2, -0.15) is 8.42 Å². The minimum Gasteiger partial charge on any atom is -0.393 e. The largest absolute Gasteiger partial charge is 0.397 e. The van der Waals surface area contributed by atoms with Crippen LogP contribution in [0.2, 0.25) is 0 Å². The van der Waals surface area contributed by atoms with E-state index in [1.807, 2.05) is 6.92 Å². The first-order valence-electron chi connectivity index (χ1n) is 21.5. The summed E-state index contributed by atoms with van der Waals surface area (Å²) in [5.74, 6) is 0.567. The van der Waals surface area contributed by atoms with E-state index in [0.717, 1.165) is 38.5 Å². The molecule has 4 aliphatic carbocycles. The molecule has 3 saturated carbocycles. The molecular formula is C41H68O17S. The lowest BCUT2D eigenvalue weighted by atomic mass is 9.47. The summed E-state index contributed by atoms with van der Waals surface area (Å²) in [4.78, 5) is 0. The van der Waals surface area contributed by atoms with Crippen LogP contribution in [0.15, 0.2) is 11.6 Å². The van der Waals surface area contributed by atoms with Crippen molar-refractivity contribution >= 4 is 10.4 Å². The minimum atomic E-state index is -4.86. The van der Waals surface area contributed by atoms with Gasteiger partial charge in [0.1, 0.15) is 36.6 Å². The van der Waals surface area contributed by atoms with Crippen LogP contribution in [0.1, 0.15) is 92.4 Å². The van der Waals surface area contributed by atoms with Gasteiger partial charge in [-0.25, -0.2) is 4.18 Å². The number of fused-ring (bicyclic) bond motifs is 5. The molecule has 0 radical (unpaired) electrons. The van der Waals surface area contributed by atoms with Gasteiger partial charge in [0.2, 0.25) is 0 Å². The molecule has 3 heterocycles. The van der Waals surface area contributed by atoms with E-state index in [-0.39, 0.29) is 41.0 Å². The van der Waals surface area contributed by atoms with Crippen molar-refractivity contribution in [3.8, 4) is 0 Å². The van der Waals surface area contributed by atoms with Gasteiger partial charge in [0.15, 0.2) is 18.9 Å². The van der Waals surface area contributed by atoms with E-state index in [2.05, 4.69) is 24.1 Å². The first kappa shape index (κ1) is 46.1. The quantitative estimate of drug-likeness (QED) is 0.122. The number of aliphatic hydroxyl groups is 5. The van der Waals surface area contributed by atoms with E-state index in [1.165, 1.54) is 5.57 Å². The average Bonchev–Trinajstić information content (AvgIpc) is 3.48. The number of hydrogen-bond donors (Lipinski definition) is 6. The number of rotatable bonds is 12. The van der Waals surface area contributed by atoms with Crippen molar-refractivity contribution in [2.45, 2.75) is 191 Å². The fourth-order valence-electron chi connectivity index (χ4n) is 12.5. The molecule has 17 nitrogen and oxygen atoms in total. The minimum absolute atomic E-state index is 0.0234. The molecule has 22 atom stereocenters. The molecule has 6 N–H and O–H groups in total. The molecule has 7 rings (SSSR count). The summed E-state index contributed by atoms with van der Waals surface area (Å²) in [5, 5.41) is 53.7. The van der Waals surface area contributed by atoms with E-state index in [4.69, 9.17) is 42.4 Å². The predicted molar refractivity (Wildman–Crippen MR) is 207 cm³/mol.